The van der Waals surface area contributed by atoms with Gasteiger partial charge >= 0.3 is 0 Å². The van der Waals surface area contributed by atoms with Crippen molar-refractivity contribution < 1.29 is 4.79 Å². The van der Waals surface area contributed by atoms with Crippen molar-refractivity contribution in [1.29, 1.82) is 0 Å². The highest BCUT2D eigenvalue weighted by Gasteiger charge is 2.34. The van der Waals surface area contributed by atoms with Crippen LogP contribution in [0.5, 0.6) is 0 Å². The first kappa shape index (κ1) is 12.9. The summed E-state index contributed by atoms with van der Waals surface area (Å²) in [7, 11) is 0. The molecule has 0 aromatic heterocycles. The van der Waals surface area contributed by atoms with Gasteiger partial charge in [-0.25, -0.2) is 0 Å². The van der Waals surface area contributed by atoms with E-state index in [1.54, 1.807) is 18.2 Å². The fraction of sp³-hybridized carbons (Fsp3) is 0.500. The molecular weight excluding hydrogens is 306 g/mol. The largest absolute Gasteiger partial charge is 0.399 e. The smallest absolute Gasteiger partial charge is 0.251 e. The van der Waals surface area contributed by atoms with Crippen LogP contribution in [0, 0.1) is 0 Å². The van der Waals surface area contributed by atoms with Gasteiger partial charge in [0, 0.05) is 40.9 Å². The third-order valence-electron chi connectivity index (χ3n) is 3.80. The Bertz CT molecular complexity index is 481. The molecule has 1 saturated heterocycles. The number of rotatable bonds is 3. The van der Waals surface area contributed by atoms with E-state index in [4.69, 9.17) is 5.73 Å². The zero-order valence-electron chi connectivity index (χ0n) is 10.7. The lowest BCUT2D eigenvalue weighted by atomic mass is 10.1. The number of carbonyl (C=O) groups excluding carboxylic acids is 1. The first-order valence-corrected chi connectivity index (χ1v) is 7.52. The molecule has 1 aliphatic carbocycles. The highest BCUT2D eigenvalue weighted by atomic mass is 79.9. The Morgan fingerprint density at radius 1 is 1.32 bits per heavy atom. The molecule has 3 N–H and O–H groups in total. The van der Waals surface area contributed by atoms with Gasteiger partial charge in [0.25, 0.3) is 5.91 Å². The van der Waals surface area contributed by atoms with E-state index in [-0.39, 0.29) is 11.9 Å². The fourth-order valence-electron chi connectivity index (χ4n) is 2.69. The quantitative estimate of drug-likeness (QED) is 0.836. The van der Waals surface area contributed by atoms with E-state index in [1.807, 2.05) is 0 Å². The van der Waals surface area contributed by atoms with Gasteiger partial charge in [-0.2, -0.15) is 0 Å². The van der Waals surface area contributed by atoms with Crippen LogP contribution in [0.3, 0.4) is 0 Å². The van der Waals surface area contributed by atoms with Crippen molar-refractivity contribution in [3.63, 3.8) is 0 Å². The maximum Gasteiger partial charge on any atom is 0.251 e. The molecule has 1 aromatic carbocycles. The van der Waals surface area contributed by atoms with Crippen LogP contribution in [0.15, 0.2) is 22.7 Å². The molecule has 0 spiro atoms. The summed E-state index contributed by atoms with van der Waals surface area (Å²) in [4.78, 5) is 14.7. The number of nitrogens with one attached hydrogen (secondary N) is 1. The summed E-state index contributed by atoms with van der Waals surface area (Å²) in [6.07, 6.45) is 3.69. The van der Waals surface area contributed by atoms with Crippen LogP contribution in [-0.4, -0.2) is 36.0 Å². The number of amides is 1. The normalized spacial score (nSPS) is 23.5. The van der Waals surface area contributed by atoms with Crippen LogP contribution < -0.4 is 11.1 Å². The zero-order chi connectivity index (χ0) is 13.4. The lowest BCUT2D eigenvalue weighted by Crippen LogP contribution is -2.37. The zero-order valence-corrected chi connectivity index (χ0v) is 12.3. The lowest BCUT2D eigenvalue weighted by molar-refractivity contribution is 0.0937. The molecule has 4 nitrogen and oxygen atoms in total. The second kappa shape index (κ2) is 5.13. The van der Waals surface area contributed by atoms with Crippen molar-refractivity contribution in [2.45, 2.75) is 31.3 Å². The predicted molar refractivity (Wildman–Crippen MR) is 79.0 cm³/mol. The summed E-state index contributed by atoms with van der Waals surface area (Å²) < 4.78 is 0.837. The summed E-state index contributed by atoms with van der Waals surface area (Å²) in [6.45, 7) is 2.09. The molecule has 3 rings (SSSR count). The molecule has 1 heterocycles. The average molecular weight is 324 g/mol. The molecule has 19 heavy (non-hydrogen) atoms. The molecule has 1 saturated carbocycles. The van der Waals surface area contributed by atoms with E-state index in [0.717, 1.165) is 30.0 Å². The summed E-state index contributed by atoms with van der Waals surface area (Å²) in [5, 5.41) is 3.11. The first-order chi connectivity index (χ1) is 9.11. The Morgan fingerprint density at radius 3 is 2.79 bits per heavy atom. The third-order valence-corrected chi connectivity index (χ3v) is 4.26. The molecule has 1 amide bonds. The third kappa shape index (κ3) is 3.09. The topological polar surface area (TPSA) is 58.4 Å². The average Bonchev–Trinajstić information content (AvgIpc) is 3.09. The summed E-state index contributed by atoms with van der Waals surface area (Å²) in [6, 6.07) is 6.37. The second-order valence-electron chi connectivity index (χ2n) is 5.46. The van der Waals surface area contributed by atoms with Crippen LogP contribution in [0.2, 0.25) is 0 Å². The van der Waals surface area contributed by atoms with Crippen molar-refractivity contribution in [1.82, 2.24) is 10.2 Å². The molecule has 1 atom stereocenters. The van der Waals surface area contributed by atoms with Crippen molar-refractivity contribution in [2.24, 2.45) is 0 Å². The van der Waals surface area contributed by atoms with Crippen molar-refractivity contribution in [3.05, 3.63) is 28.2 Å². The number of nitrogens with two attached hydrogens (primary N) is 1. The summed E-state index contributed by atoms with van der Waals surface area (Å²) in [5.41, 5.74) is 6.98. The minimum Gasteiger partial charge on any atom is -0.399 e. The number of likely N-dealkylation sites (tertiary alicyclic amines) is 1. The Morgan fingerprint density at radius 2 is 2.11 bits per heavy atom. The number of nitrogen functional groups attached to an aromatic ring is 1. The van der Waals surface area contributed by atoms with Gasteiger partial charge in [0.05, 0.1) is 0 Å². The van der Waals surface area contributed by atoms with Crippen LogP contribution in [-0.2, 0) is 0 Å². The predicted octanol–water partition coefficient (Wildman–Crippen LogP) is 2.00. The van der Waals surface area contributed by atoms with Crippen LogP contribution in [0.25, 0.3) is 0 Å². The number of halogens is 1. The molecule has 1 unspecified atom stereocenters. The maximum absolute atomic E-state index is 12.2. The SMILES string of the molecule is Nc1cc(Br)cc(C(=O)NC2CCN(C3CC3)C2)c1. The lowest BCUT2D eigenvalue weighted by Gasteiger charge is -2.16. The number of hydrogen-bond donors (Lipinski definition) is 2. The highest BCUT2D eigenvalue weighted by molar-refractivity contribution is 9.10. The molecule has 2 aliphatic rings. The number of carbonyl (C=O) groups is 1. The van der Waals surface area contributed by atoms with E-state index < -0.39 is 0 Å². The number of benzene rings is 1. The van der Waals surface area contributed by atoms with E-state index in [2.05, 4.69) is 26.1 Å². The van der Waals surface area contributed by atoms with Crippen molar-refractivity contribution >= 4 is 27.5 Å². The second-order valence-corrected chi connectivity index (χ2v) is 6.37. The molecule has 1 aliphatic heterocycles. The van der Waals surface area contributed by atoms with Crippen molar-refractivity contribution in [2.75, 3.05) is 18.8 Å². The Hall–Kier alpha value is -1.07. The van der Waals surface area contributed by atoms with Gasteiger partial charge in [0.15, 0.2) is 0 Å². The van der Waals surface area contributed by atoms with Gasteiger partial charge < -0.3 is 11.1 Å². The Balaban J connectivity index is 1.61. The number of anilines is 1. The maximum atomic E-state index is 12.2. The number of nitrogens with zero attached hydrogens (tertiary/aromatic N) is 1. The van der Waals surface area contributed by atoms with Gasteiger partial charge in [-0.3, -0.25) is 9.69 Å². The van der Waals surface area contributed by atoms with Crippen molar-refractivity contribution in [3.8, 4) is 0 Å². The van der Waals surface area contributed by atoms with Crippen LogP contribution in [0.4, 0.5) is 5.69 Å². The van der Waals surface area contributed by atoms with Crippen LogP contribution in [0.1, 0.15) is 29.6 Å². The number of hydrogen-bond acceptors (Lipinski definition) is 3. The van der Waals surface area contributed by atoms with Gasteiger partial charge in [-0.05, 0) is 37.5 Å². The first-order valence-electron chi connectivity index (χ1n) is 6.73. The van der Waals surface area contributed by atoms with Crippen LogP contribution >= 0.6 is 15.9 Å². The Kier molecular flexibility index (Phi) is 3.50. The van der Waals surface area contributed by atoms with Gasteiger partial charge in [0.1, 0.15) is 0 Å². The van der Waals surface area contributed by atoms with E-state index in [9.17, 15) is 4.79 Å². The van der Waals surface area contributed by atoms with Gasteiger partial charge in [0.2, 0.25) is 0 Å². The van der Waals surface area contributed by atoms with Gasteiger partial charge in [-0.1, -0.05) is 15.9 Å². The molecular formula is C14H18BrN3O. The molecule has 0 radical (unpaired) electrons. The molecule has 2 fully saturated rings. The van der Waals surface area contributed by atoms with Gasteiger partial charge in [-0.15, -0.1) is 0 Å². The minimum absolute atomic E-state index is 0.0318. The molecule has 0 bridgehead atoms. The Labute approximate surface area is 121 Å². The molecule has 102 valence electrons. The monoisotopic (exact) mass is 323 g/mol. The molecule has 1 aromatic rings. The molecule has 5 heteroatoms. The van der Waals surface area contributed by atoms with E-state index in [1.165, 1.54) is 12.8 Å². The van der Waals surface area contributed by atoms with E-state index in [0.29, 0.717) is 11.3 Å². The van der Waals surface area contributed by atoms with E-state index >= 15 is 0 Å². The fourth-order valence-corrected chi connectivity index (χ4v) is 3.20. The minimum atomic E-state index is -0.0318. The highest BCUT2D eigenvalue weighted by Crippen LogP contribution is 2.29. The summed E-state index contributed by atoms with van der Waals surface area (Å²) in [5.74, 6) is -0.0318. The summed E-state index contributed by atoms with van der Waals surface area (Å²) >= 11 is 3.36. The standard InChI is InChI=1S/C14H18BrN3O/c15-10-5-9(6-11(16)7-10)14(19)17-12-3-4-18(8-12)13-1-2-13/h5-7,12-13H,1-4,8,16H2,(H,17,19).